The van der Waals surface area contributed by atoms with E-state index in [1.54, 1.807) is 0 Å². The molecule has 0 saturated carbocycles. The molecule has 2 saturated heterocycles. The number of aromatic nitrogens is 1. The summed E-state index contributed by atoms with van der Waals surface area (Å²) in [6, 6.07) is 17.7. The van der Waals surface area contributed by atoms with E-state index in [0.717, 1.165) is 58.9 Å². The molecular weight excluding hydrogens is 484 g/mol. The van der Waals surface area contributed by atoms with Gasteiger partial charge in [0.25, 0.3) is 0 Å². The average Bonchev–Trinajstić information content (AvgIpc) is 3.36. The lowest BCUT2D eigenvalue weighted by atomic mass is 9.95. The van der Waals surface area contributed by atoms with E-state index in [9.17, 15) is 9.59 Å². The van der Waals surface area contributed by atoms with Gasteiger partial charge in [0.2, 0.25) is 5.91 Å². The molecule has 3 aromatic carbocycles. The van der Waals surface area contributed by atoms with E-state index < -0.39 is 0 Å². The highest BCUT2D eigenvalue weighted by molar-refractivity contribution is 6.17. The Morgan fingerprint density at radius 2 is 1.72 bits per heavy atom. The van der Waals surface area contributed by atoms with Crippen LogP contribution in [0, 0.1) is 12.8 Å². The summed E-state index contributed by atoms with van der Waals surface area (Å²) in [5.41, 5.74) is 4.06. The Labute approximate surface area is 230 Å². The van der Waals surface area contributed by atoms with Crippen LogP contribution >= 0.6 is 0 Å². The molecule has 6 nitrogen and oxygen atoms in total. The highest BCUT2D eigenvalue weighted by Crippen LogP contribution is 2.31. The minimum Gasteiger partial charge on any atom is -0.375 e. The predicted molar refractivity (Wildman–Crippen MR) is 159 cm³/mol. The van der Waals surface area contributed by atoms with E-state index in [4.69, 9.17) is 0 Å². The zero-order chi connectivity index (χ0) is 26.8. The van der Waals surface area contributed by atoms with Crippen molar-refractivity contribution in [3.63, 3.8) is 0 Å². The zero-order valence-electron chi connectivity index (χ0n) is 22.8. The molecule has 4 aromatic rings. The van der Waals surface area contributed by atoms with Gasteiger partial charge in [0.1, 0.15) is 0 Å². The number of anilines is 1. The van der Waals surface area contributed by atoms with E-state index in [2.05, 4.69) is 22.1 Å². The van der Waals surface area contributed by atoms with Crippen LogP contribution in [0.3, 0.4) is 0 Å². The molecule has 0 atom stereocenters. The van der Waals surface area contributed by atoms with Crippen LogP contribution in [0.1, 0.15) is 53.6 Å². The van der Waals surface area contributed by atoms with E-state index >= 15 is 0 Å². The van der Waals surface area contributed by atoms with Gasteiger partial charge in [-0.2, -0.15) is 0 Å². The first-order valence-corrected chi connectivity index (χ1v) is 14.4. The molecule has 2 N–H and O–H groups in total. The smallest absolute Gasteiger partial charge is 0.241 e. The lowest BCUT2D eigenvalue weighted by molar-refractivity contribution is -0.130. The van der Waals surface area contributed by atoms with Crippen LogP contribution in [-0.4, -0.2) is 65.7 Å². The van der Waals surface area contributed by atoms with Crippen molar-refractivity contribution in [2.45, 2.75) is 39.0 Å². The Morgan fingerprint density at radius 3 is 2.54 bits per heavy atom. The van der Waals surface area contributed by atoms with E-state index in [0.29, 0.717) is 17.0 Å². The topological polar surface area (TPSA) is 68.4 Å². The SMILES string of the molecule is Cc1c[nH]c2cc(C(=O)c3ccc4ccccc4c3NCC(=O)N3CCC(CN4CCCCC4)CC3)ccc12. The Hall–Kier alpha value is -3.64. The second-order valence-electron chi connectivity index (χ2n) is 11.3. The van der Waals surface area contributed by atoms with Crippen molar-refractivity contribution in [1.29, 1.82) is 0 Å². The molecule has 2 aliphatic heterocycles. The molecule has 0 spiro atoms. The summed E-state index contributed by atoms with van der Waals surface area (Å²) in [5.74, 6) is 0.729. The number of hydrogen-bond donors (Lipinski definition) is 2. The molecule has 3 heterocycles. The third-order valence-electron chi connectivity index (χ3n) is 8.67. The number of aryl methyl sites for hydroxylation is 1. The summed E-state index contributed by atoms with van der Waals surface area (Å²) in [6.07, 6.45) is 8.11. The Morgan fingerprint density at radius 1 is 0.923 bits per heavy atom. The van der Waals surface area contributed by atoms with Gasteiger partial charge in [0.05, 0.1) is 12.2 Å². The summed E-state index contributed by atoms with van der Waals surface area (Å²) >= 11 is 0. The largest absolute Gasteiger partial charge is 0.375 e. The number of amides is 1. The fraction of sp³-hybridized carbons (Fsp3) is 0.394. The summed E-state index contributed by atoms with van der Waals surface area (Å²) in [6.45, 7) is 7.50. The molecule has 202 valence electrons. The number of aromatic amines is 1. The van der Waals surface area contributed by atoms with Gasteiger partial charge in [0.15, 0.2) is 5.78 Å². The van der Waals surface area contributed by atoms with Crippen molar-refractivity contribution in [1.82, 2.24) is 14.8 Å². The number of rotatable bonds is 7. The van der Waals surface area contributed by atoms with Crippen LogP contribution in [0.25, 0.3) is 21.7 Å². The quantitative estimate of drug-likeness (QED) is 0.292. The molecule has 2 aliphatic rings. The van der Waals surface area contributed by atoms with Crippen LogP contribution in [0.15, 0.2) is 60.8 Å². The van der Waals surface area contributed by atoms with Crippen molar-refractivity contribution in [3.05, 3.63) is 77.5 Å². The number of H-pyrrole nitrogens is 1. The van der Waals surface area contributed by atoms with Gasteiger partial charge in [-0.25, -0.2) is 0 Å². The van der Waals surface area contributed by atoms with Crippen LogP contribution < -0.4 is 5.32 Å². The predicted octanol–water partition coefficient (Wildman–Crippen LogP) is 6.00. The number of carbonyl (C=O) groups is 2. The number of ketones is 1. The molecular formula is C33H38N4O2. The third-order valence-corrected chi connectivity index (χ3v) is 8.67. The number of carbonyl (C=O) groups excluding carboxylic acids is 2. The second-order valence-corrected chi connectivity index (χ2v) is 11.3. The molecule has 0 radical (unpaired) electrons. The molecule has 0 bridgehead atoms. The molecule has 1 aromatic heterocycles. The van der Waals surface area contributed by atoms with Crippen molar-refractivity contribution in [2.24, 2.45) is 5.92 Å². The first-order valence-electron chi connectivity index (χ1n) is 14.4. The fourth-order valence-electron chi connectivity index (χ4n) is 6.37. The number of piperidine rings is 2. The highest BCUT2D eigenvalue weighted by atomic mass is 16.2. The summed E-state index contributed by atoms with van der Waals surface area (Å²) in [4.78, 5) is 34.9. The monoisotopic (exact) mass is 522 g/mol. The second kappa shape index (κ2) is 11.2. The van der Waals surface area contributed by atoms with Crippen LogP contribution in [0.2, 0.25) is 0 Å². The minimum atomic E-state index is -0.0524. The van der Waals surface area contributed by atoms with Crippen LogP contribution in [-0.2, 0) is 4.79 Å². The molecule has 6 rings (SSSR count). The molecule has 0 aliphatic carbocycles. The number of hydrogen-bond acceptors (Lipinski definition) is 4. The van der Waals surface area contributed by atoms with Crippen molar-refractivity contribution >= 4 is 39.1 Å². The van der Waals surface area contributed by atoms with E-state index in [1.807, 2.05) is 65.7 Å². The molecule has 6 heteroatoms. The molecule has 39 heavy (non-hydrogen) atoms. The highest BCUT2D eigenvalue weighted by Gasteiger charge is 2.25. The van der Waals surface area contributed by atoms with Gasteiger partial charge in [-0.05, 0) is 74.7 Å². The number of benzene rings is 3. The van der Waals surface area contributed by atoms with Crippen LogP contribution in [0.5, 0.6) is 0 Å². The molecule has 0 unspecified atom stereocenters. The fourth-order valence-corrected chi connectivity index (χ4v) is 6.37. The van der Waals surface area contributed by atoms with Crippen LogP contribution in [0.4, 0.5) is 5.69 Å². The maximum absolute atomic E-state index is 13.8. The molecule has 1 amide bonds. The average molecular weight is 523 g/mol. The third kappa shape index (κ3) is 5.44. The zero-order valence-corrected chi connectivity index (χ0v) is 22.8. The first-order chi connectivity index (χ1) is 19.1. The lowest BCUT2D eigenvalue weighted by Gasteiger charge is -2.36. The summed E-state index contributed by atoms with van der Waals surface area (Å²) in [5, 5.41) is 6.51. The van der Waals surface area contributed by atoms with Gasteiger partial charge in [-0.1, -0.05) is 48.9 Å². The van der Waals surface area contributed by atoms with Gasteiger partial charge in [-0.15, -0.1) is 0 Å². The lowest BCUT2D eigenvalue weighted by Crippen LogP contribution is -2.44. The van der Waals surface area contributed by atoms with Crippen molar-refractivity contribution < 1.29 is 9.59 Å². The summed E-state index contributed by atoms with van der Waals surface area (Å²) in [7, 11) is 0. The summed E-state index contributed by atoms with van der Waals surface area (Å²) < 4.78 is 0. The van der Waals surface area contributed by atoms with Gasteiger partial charge in [-0.3, -0.25) is 9.59 Å². The number of likely N-dealkylation sites (tertiary alicyclic amines) is 2. The molecule has 2 fully saturated rings. The minimum absolute atomic E-state index is 0.0524. The van der Waals surface area contributed by atoms with E-state index in [1.165, 1.54) is 38.9 Å². The van der Waals surface area contributed by atoms with Gasteiger partial charge >= 0.3 is 0 Å². The first kappa shape index (κ1) is 25.6. The maximum Gasteiger partial charge on any atom is 0.241 e. The maximum atomic E-state index is 13.8. The van der Waals surface area contributed by atoms with Crippen molar-refractivity contribution in [2.75, 3.05) is 44.6 Å². The normalized spacial score (nSPS) is 17.1. The Kier molecular flexibility index (Phi) is 7.38. The number of nitrogens with one attached hydrogen (secondary N) is 2. The van der Waals surface area contributed by atoms with Gasteiger partial charge in [0, 0.05) is 53.2 Å². The van der Waals surface area contributed by atoms with Gasteiger partial charge < -0.3 is 20.1 Å². The number of nitrogens with zero attached hydrogens (tertiary/aromatic N) is 2. The Balaban J connectivity index is 1.17. The number of fused-ring (bicyclic) bond motifs is 2. The van der Waals surface area contributed by atoms with E-state index in [-0.39, 0.29) is 18.2 Å². The van der Waals surface area contributed by atoms with Crippen molar-refractivity contribution in [3.8, 4) is 0 Å². The Bertz CT molecular complexity index is 1490. The standard InChI is InChI=1S/C33H38N4O2/c1-23-20-34-30-19-26(10-11-27(23)30)33(39)29-12-9-25-7-3-4-8-28(25)32(29)35-21-31(38)37-17-13-24(14-18-37)22-36-15-5-2-6-16-36/h3-4,7-12,19-20,24,34-35H,2,5-6,13-18,21-22H2,1H3.